The molecule has 0 fully saturated rings. The van der Waals surface area contributed by atoms with Crippen molar-refractivity contribution in [2.45, 2.75) is 25.9 Å². The molecule has 19 heavy (non-hydrogen) atoms. The summed E-state index contributed by atoms with van der Waals surface area (Å²) in [6.07, 6.45) is 0.912. The Morgan fingerprint density at radius 1 is 1.32 bits per heavy atom. The maximum absolute atomic E-state index is 10.4. The molecule has 5 heteroatoms. The first-order valence-corrected chi connectivity index (χ1v) is 7.74. The molecule has 0 bridgehead atoms. The van der Waals surface area contributed by atoms with Crippen LogP contribution in [-0.2, 0) is 19.9 Å². The number of rotatable bonds is 4. The zero-order chi connectivity index (χ0) is 14.0. The van der Waals surface area contributed by atoms with Gasteiger partial charge >= 0.3 is 0 Å². The van der Waals surface area contributed by atoms with E-state index in [4.69, 9.17) is 0 Å². The molecule has 1 atom stereocenters. The van der Waals surface area contributed by atoms with Gasteiger partial charge in [0.15, 0.2) is 0 Å². The van der Waals surface area contributed by atoms with Gasteiger partial charge in [0.05, 0.1) is 11.8 Å². The molecule has 0 saturated carbocycles. The lowest BCUT2D eigenvalue weighted by Gasteiger charge is -2.13. The maximum Gasteiger partial charge on any atom is 0.0856 e. The molecule has 102 valence electrons. The summed E-state index contributed by atoms with van der Waals surface area (Å²) in [5.41, 5.74) is 2.97. The van der Waals surface area contributed by atoms with Gasteiger partial charge in [-0.1, -0.05) is 38.8 Å². The number of hydrogen-bond donors (Lipinski definition) is 1. The number of benzene rings is 1. The molecule has 0 amide bonds. The summed E-state index contributed by atoms with van der Waals surface area (Å²) in [5, 5.41) is 14.8. The second-order valence-corrected chi connectivity index (χ2v) is 6.26. The number of halogens is 2. The number of nitrogens with zero attached hydrogens (tertiary/aromatic N) is 2. The Morgan fingerprint density at radius 3 is 2.68 bits per heavy atom. The lowest BCUT2D eigenvalue weighted by Crippen LogP contribution is -2.07. The topological polar surface area (TPSA) is 38.0 Å². The number of hydrogen-bond acceptors (Lipinski definition) is 2. The van der Waals surface area contributed by atoms with E-state index < -0.39 is 6.10 Å². The van der Waals surface area contributed by atoms with E-state index in [1.165, 1.54) is 0 Å². The van der Waals surface area contributed by atoms with Gasteiger partial charge in [-0.2, -0.15) is 5.10 Å². The van der Waals surface area contributed by atoms with Crippen molar-refractivity contribution in [2.75, 3.05) is 0 Å². The van der Waals surface area contributed by atoms with E-state index >= 15 is 0 Å². The Labute approximate surface area is 129 Å². The van der Waals surface area contributed by atoms with E-state index in [-0.39, 0.29) is 0 Å². The fourth-order valence-corrected chi connectivity index (χ4v) is 2.90. The van der Waals surface area contributed by atoms with Crippen LogP contribution in [0.2, 0.25) is 0 Å². The van der Waals surface area contributed by atoms with Crippen LogP contribution in [0.25, 0.3) is 0 Å². The van der Waals surface area contributed by atoms with Crippen molar-refractivity contribution in [2.24, 2.45) is 7.05 Å². The molecule has 0 aliphatic heterocycles. The van der Waals surface area contributed by atoms with E-state index in [0.717, 1.165) is 32.3 Å². The quantitative estimate of drug-likeness (QED) is 0.866. The van der Waals surface area contributed by atoms with Crippen molar-refractivity contribution >= 4 is 31.9 Å². The monoisotopic (exact) mass is 386 g/mol. The number of aliphatic hydroxyl groups is 1. The van der Waals surface area contributed by atoms with Crippen LogP contribution >= 0.6 is 31.9 Å². The van der Waals surface area contributed by atoms with E-state index in [0.29, 0.717) is 6.42 Å². The SMILES string of the molecule is CCc1cc(CC(O)c2cc(Br)ccc2Br)n(C)n1. The summed E-state index contributed by atoms with van der Waals surface area (Å²) in [6, 6.07) is 7.86. The largest absolute Gasteiger partial charge is 0.388 e. The lowest BCUT2D eigenvalue weighted by atomic mass is 10.0. The van der Waals surface area contributed by atoms with Crippen LogP contribution < -0.4 is 0 Å². The standard InChI is InChI=1S/C14H16Br2N2O/c1-3-10-7-11(18(2)17-10)8-14(19)12-6-9(15)4-5-13(12)16/h4-7,14,19H,3,8H2,1-2H3. The van der Waals surface area contributed by atoms with E-state index in [1.807, 2.05) is 29.9 Å². The van der Waals surface area contributed by atoms with Crippen molar-refractivity contribution in [3.8, 4) is 0 Å². The van der Waals surface area contributed by atoms with Crippen molar-refractivity contribution < 1.29 is 5.11 Å². The van der Waals surface area contributed by atoms with Gasteiger partial charge in [-0.15, -0.1) is 0 Å². The zero-order valence-corrected chi connectivity index (χ0v) is 14.1. The number of aliphatic hydroxyl groups excluding tert-OH is 1. The van der Waals surface area contributed by atoms with Crippen molar-refractivity contribution in [3.63, 3.8) is 0 Å². The Bertz CT molecular complexity index is 581. The van der Waals surface area contributed by atoms with Gasteiger partial charge in [0.25, 0.3) is 0 Å². The van der Waals surface area contributed by atoms with Gasteiger partial charge in [-0.25, -0.2) is 0 Å². The molecule has 0 saturated heterocycles. The second kappa shape index (κ2) is 6.20. The highest BCUT2D eigenvalue weighted by Gasteiger charge is 2.15. The summed E-state index contributed by atoms with van der Waals surface area (Å²) < 4.78 is 3.72. The highest BCUT2D eigenvalue weighted by Crippen LogP contribution is 2.29. The van der Waals surface area contributed by atoms with E-state index in [1.54, 1.807) is 0 Å². The molecule has 0 aliphatic rings. The number of aryl methyl sites for hydroxylation is 2. The molecule has 1 N–H and O–H groups in total. The Kier molecular flexibility index (Phi) is 4.81. The molecule has 1 aromatic heterocycles. The first kappa shape index (κ1) is 14.8. The molecule has 2 rings (SSSR count). The molecule has 1 heterocycles. The Balaban J connectivity index is 2.22. The average Bonchev–Trinajstić information content (AvgIpc) is 2.73. The first-order valence-electron chi connectivity index (χ1n) is 6.16. The lowest BCUT2D eigenvalue weighted by molar-refractivity contribution is 0.175. The highest BCUT2D eigenvalue weighted by molar-refractivity contribution is 9.11. The van der Waals surface area contributed by atoms with Gasteiger partial charge < -0.3 is 5.11 Å². The van der Waals surface area contributed by atoms with E-state index in [2.05, 4.69) is 49.9 Å². The van der Waals surface area contributed by atoms with Crippen LogP contribution in [0.4, 0.5) is 0 Å². The van der Waals surface area contributed by atoms with Crippen LogP contribution in [0.15, 0.2) is 33.2 Å². The molecule has 1 aromatic carbocycles. The van der Waals surface area contributed by atoms with Crippen LogP contribution in [0.1, 0.15) is 30.0 Å². The summed E-state index contributed by atoms with van der Waals surface area (Å²) >= 11 is 6.91. The third-order valence-electron chi connectivity index (χ3n) is 3.11. The van der Waals surface area contributed by atoms with Crippen LogP contribution in [-0.4, -0.2) is 14.9 Å². The van der Waals surface area contributed by atoms with Gasteiger partial charge in [0.2, 0.25) is 0 Å². The second-order valence-electron chi connectivity index (χ2n) is 4.49. The Morgan fingerprint density at radius 2 is 2.05 bits per heavy atom. The predicted molar refractivity (Wildman–Crippen MR) is 83.1 cm³/mol. The molecular formula is C14H16Br2N2O. The van der Waals surface area contributed by atoms with Crippen LogP contribution in [0.5, 0.6) is 0 Å². The van der Waals surface area contributed by atoms with Crippen molar-refractivity contribution in [1.82, 2.24) is 9.78 Å². The molecule has 0 radical (unpaired) electrons. The maximum atomic E-state index is 10.4. The van der Waals surface area contributed by atoms with Gasteiger partial charge in [-0.3, -0.25) is 4.68 Å². The number of aromatic nitrogens is 2. The summed E-state index contributed by atoms with van der Waals surface area (Å²) in [4.78, 5) is 0. The Hall–Kier alpha value is -0.650. The van der Waals surface area contributed by atoms with E-state index in [9.17, 15) is 5.11 Å². The minimum absolute atomic E-state index is 0.549. The zero-order valence-electron chi connectivity index (χ0n) is 10.9. The summed E-state index contributed by atoms with van der Waals surface area (Å²) in [6.45, 7) is 2.08. The smallest absolute Gasteiger partial charge is 0.0856 e. The molecule has 0 aliphatic carbocycles. The third kappa shape index (κ3) is 3.46. The van der Waals surface area contributed by atoms with Gasteiger partial charge in [-0.05, 0) is 36.2 Å². The molecular weight excluding hydrogens is 372 g/mol. The molecule has 3 nitrogen and oxygen atoms in total. The van der Waals surface area contributed by atoms with Gasteiger partial charge in [0, 0.05) is 28.1 Å². The fourth-order valence-electron chi connectivity index (χ4n) is 2.01. The first-order chi connectivity index (χ1) is 9.01. The highest BCUT2D eigenvalue weighted by atomic mass is 79.9. The van der Waals surface area contributed by atoms with Crippen LogP contribution in [0.3, 0.4) is 0 Å². The third-order valence-corrected chi connectivity index (χ3v) is 4.32. The predicted octanol–water partition coefficient (Wildman–Crippen LogP) is 3.78. The minimum Gasteiger partial charge on any atom is -0.388 e. The molecule has 0 spiro atoms. The summed E-state index contributed by atoms with van der Waals surface area (Å²) in [5.74, 6) is 0. The summed E-state index contributed by atoms with van der Waals surface area (Å²) in [7, 11) is 1.91. The normalized spacial score (nSPS) is 12.7. The molecule has 2 aromatic rings. The van der Waals surface area contributed by atoms with Crippen LogP contribution in [0, 0.1) is 0 Å². The molecule has 1 unspecified atom stereocenters. The fraction of sp³-hybridized carbons (Fsp3) is 0.357. The van der Waals surface area contributed by atoms with Crippen molar-refractivity contribution in [3.05, 3.63) is 50.2 Å². The minimum atomic E-state index is -0.549. The van der Waals surface area contributed by atoms with Gasteiger partial charge in [0.1, 0.15) is 0 Å². The average molecular weight is 388 g/mol. The van der Waals surface area contributed by atoms with Crippen molar-refractivity contribution in [1.29, 1.82) is 0 Å².